The number of nitrogens with zero attached hydrogens (tertiary/aromatic N) is 1. The molecule has 3 rings (SSSR count). The maximum atomic E-state index is 12.8. The number of aromatic amines is 1. The minimum absolute atomic E-state index is 0.0660. The van der Waals surface area contributed by atoms with Crippen LogP contribution in [0.1, 0.15) is 17.4 Å². The van der Waals surface area contributed by atoms with Crippen LogP contribution >= 0.6 is 0 Å². The summed E-state index contributed by atoms with van der Waals surface area (Å²) in [5.74, 6) is -0.586. The highest BCUT2D eigenvalue weighted by Gasteiger charge is 2.12. The average Bonchev–Trinajstić information content (AvgIpc) is 2.96. The predicted octanol–water partition coefficient (Wildman–Crippen LogP) is 2.09. The number of fused-ring (bicyclic) bond motifs is 1. The third-order valence-electron chi connectivity index (χ3n) is 3.63. The number of rotatable bonds is 5. The van der Waals surface area contributed by atoms with Crippen LogP contribution in [0.25, 0.3) is 10.9 Å². The third-order valence-corrected chi connectivity index (χ3v) is 3.63. The van der Waals surface area contributed by atoms with Gasteiger partial charge in [0.15, 0.2) is 0 Å². The highest BCUT2D eigenvalue weighted by molar-refractivity contribution is 5.87. The molecule has 5 nitrogen and oxygen atoms in total. The Labute approximate surface area is 132 Å². The Balaban J connectivity index is 1.58. The number of nitrogens with one attached hydrogen (secondary N) is 2. The average molecular weight is 313 g/mol. The number of aliphatic hydroxyl groups is 1. The normalized spacial score (nSPS) is 12.3. The minimum Gasteiger partial charge on any atom is -0.387 e. The van der Waals surface area contributed by atoms with E-state index in [1.165, 1.54) is 24.3 Å². The molecule has 1 atom stereocenters. The molecule has 3 N–H and O–H groups in total. The van der Waals surface area contributed by atoms with Gasteiger partial charge < -0.3 is 10.4 Å². The highest BCUT2D eigenvalue weighted by atomic mass is 19.1. The Morgan fingerprint density at radius 1 is 1.22 bits per heavy atom. The van der Waals surface area contributed by atoms with Crippen molar-refractivity contribution in [1.82, 2.24) is 15.5 Å². The molecule has 0 aliphatic carbocycles. The number of benzene rings is 2. The summed E-state index contributed by atoms with van der Waals surface area (Å²) in [6, 6.07) is 13.1. The molecule has 0 fully saturated rings. The molecule has 2 aromatic carbocycles. The number of carbonyl (C=O) groups excluding carboxylic acids is 1. The summed E-state index contributed by atoms with van der Waals surface area (Å²) in [4.78, 5) is 12.0. The second kappa shape index (κ2) is 6.58. The summed E-state index contributed by atoms with van der Waals surface area (Å²) in [6.07, 6.45) is -0.727. The number of carbonyl (C=O) groups is 1. The number of halogens is 1. The van der Waals surface area contributed by atoms with E-state index in [9.17, 15) is 14.3 Å². The van der Waals surface area contributed by atoms with Crippen molar-refractivity contribution in [2.24, 2.45) is 0 Å². The Kier molecular flexibility index (Phi) is 4.34. The van der Waals surface area contributed by atoms with Crippen LogP contribution < -0.4 is 5.32 Å². The number of amides is 1. The van der Waals surface area contributed by atoms with E-state index in [-0.39, 0.29) is 24.7 Å². The van der Waals surface area contributed by atoms with Gasteiger partial charge in [-0.2, -0.15) is 5.10 Å². The van der Waals surface area contributed by atoms with Crippen molar-refractivity contribution in [3.8, 4) is 0 Å². The number of H-pyrrole nitrogens is 1. The summed E-state index contributed by atoms with van der Waals surface area (Å²) in [5, 5.41) is 20.6. The van der Waals surface area contributed by atoms with Gasteiger partial charge in [0.05, 0.1) is 23.7 Å². The van der Waals surface area contributed by atoms with E-state index in [4.69, 9.17) is 0 Å². The number of hydrogen-bond acceptors (Lipinski definition) is 3. The lowest BCUT2D eigenvalue weighted by Gasteiger charge is -2.12. The van der Waals surface area contributed by atoms with Crippen molar-refractivity contribution < 1.29 is 14.3 Å². The molecule has 118 valence electrons. The molecule has 1 aromatic heterocycles. The van der Waals surface area contributed by atoms with Crippen molar-refractivity contribution in [3.63, 3.8) is 0 Å². The molecule has 1 unspecified atom stereocenters. The van der Waals surface area contributed by atoms with Crippen molar-refractivity contribution in [2.45, 2.75) is 12.5 Å². The smallest absolute Gasteiger partial charge is 0.226 e. The van der Waals surface area contributed by atoms with E-state index < -0.39 is 6.10 Å². The van der Waals surface area contributed by atoms with E-state index in [0.717, 1.165) is 16.6 Å². The largest absolute Gasteiger partial charge is 0.387 e. The van der Waals surface area contributed by atoms with Gasteiger partial charge in [0.1, 0.15) is 5.82 Å². The molecule has 3 aromatic rings. The second-order valence-corrected chi connectivity index (χ2v) is 5.27. The zero-order valence-corrected chi connectivity index (χ0v) is 12.3. The molecule has 0 radical (unpaired) electrons. The number of para-hydroxylation sites is 1. The number of aromatic nitrogens is 2. The predicted molar refractivity (Wildman–Crippen MR) is 84.2 cm³/mol. The first kappa shape index (κ1) is 15.2. The third kappa shape index (κ3) is 3.54. The molecular formula is C17H16FN3O2. The van der Waals surface area contributed by atoms with Crippen LogP contribution in [0.2, 0.25) is 0 Å². The molecule has 0 saturated carbocycles. The first-order valence-corrected chi connectivity index (χ1v) is 7.25. The van der Waals surface area contributed by atoms with Gasteiger partial charge >= 0.3 is 0 Å². The van der Waals surface area contributed by atoms with Crippen LogP contribution in [0.5, 0.6) is 0 Å². The van der Waals surface area contributed by atoms with E-state index >= 15 is 0 Å². The molecule has 0 saturated heterocycles. The molecule has 0 aliphatic heterocycles. The first-order valence-electron chi connectivity index (χ1n) is 7.25. The van der Waals surface area contributed by atoms with Gasteiger partial charge in [0.2, 0.25) is 5.91 Å². The van der Waals surface area contributed by atoms with Crippen LogP contribution in [0.15, 0.2) is 48.5 Å². The Morgan fingerprint density at radius 3 is 2.74 bits per heavy atom. The fourth-order valence-electron chi connectivity index (χ4n) is 2.39. The van der Waals surface area contributed by atoms with Gasteiger partial charge in [-0.15, -0.1) is 0 Å². The Bertz CT molecular complexity index is 814. The van der Waals surface area contributed by atoms with Crippen LogP contribution in [-0.4, -0.2) is 27.8 Å². The van der Waals surface area contributed by atoms with Gasteiger partial charge in [-0.25, -0.2) is 4.39 Å². The molecule has 0 aliphatic rings. The molecule has 1 heterocycles. The summed E-state index contributed by atoms with van der Waals surface area (Å²) in [6.45, 7) is 0.0660. The van der Waals surface area contributed by atoms with Gasteiger partial charge in [0.25, 0.3) is 0 Å². The standard InChI is InChI=1S/C17H16FN3O2/c18-12-7-5-11(6-8-12)16(22)10-19-17(23)9-15-13-3-1-2-4-14(13)20-21-15/h1-8,16,22H,9-10H2,(H,19,23)(H,20,21). The maximum Gasteiger partial charge on any atom is 0.226 e. The molecule has 6 heteroatoms. The monoisotopic (exact) mass is 313 g/mol. The van der Waals surface area contributed by atoms with E-state index in [1.807, 2.05) is 24.3 Å². The first-order chi connectivity index (χ1) is 11.1. The van der Waals surface area contributed by atoms with Crippen molar-refractivity contribution in [1.29, 1.82) is 0 Å². The SMILES string of the molecule is O=C(Cc1[nH]nc2ccccc12)NCC(O)c1ccc(F)cc1. The van der Waals surface area contributed by atoms with Gasteiger partial charge in [0, 0.05) is 11.9 Å². The van der Waals surface area contributed by atoms with Gasteiger partial charge in [-0.05, 0) is 23.8 Å². The quantitative estimate of drug-likeness (QED) is 0.675. The lowest BCUT2D eigenvalue weighted by molar-refractivity contribution is -0.120. The zero-order chi connectivity index (χ0) is 16.2. The van der Waals surface area contributed by atoms with Gasteiger partial charge in [-0.3, -0.25) is 9.89 Å². The van der Waals surface area contributed by atoms with Crippen LogP contribution in [0, 0.1) is 5.82 Å². The molecular weight excluding hydrogens is 297 g/mol. The summed E-state index contributed by atoms with van der Waals surface area (Å²) in [5.41, 5.74) is 2.09. The van der Waals surface area contributed by atoms with Crippen LogP contribution in [-0.2, 0) is 11.2 Å². The fourth-order valence-corrected chi connectivity index (χ4v) is 2.39. The van der Waals surface area contributed by atoms with E-state index in [1.54, 1.807) is 0 Å². The minimum atomic E-state index is -0.877. The summed E-state index contributed by atoms with van der Waals surface area (Å²) < 4.78 is 12.8. The highest BCUT2D eigenvalue weighted by Crippen LogP contribution is 2.16. The summed E-state index contributed by atoms with van der Waals surface area (Å²) >= 11 is 0. The lowest BCUT2D eigenvalue weighted by Crippen LogP contribution is -2.29. The second-order valence-electron chi connectivity index (χ2n) is 5.27. The van der Waals surface area contributed by atoms with Crippen molar-refractivity contribution >= 4 is 16.8 Å². The number of hydrogen-bond donors (Lipinski definition) is 3. The lowest BCUT2D eigenvalue weighted by atomic mass is 10.1. The van der Waals surface area contributed by atoms with Crippen LogP contribution in [0.3, 0.4) is 0 Å². The zero-order valence-electron chi connectivity index (χ0n) is 12.3. The maximum absolute atomic E-state index is 12.8. The molecule has 23 heavy (non-hydrogen) atoms. The number of aliphatic hydroxyl groups excluding tert-OH is 1. The van der Waals surface area contributed by atoms with Crippen molar-refractivity contribution in [3.05, 3.63) is 65.6 Å². The van der Waals surface area contributed by atoms with Gasteiger partial charge in [-0.1, -0.05) is 30.3 Å². The molecule has 0 bridgehead atoms. The van der Waals surface area contributed by atoms with E-state index in [2.05, 4.69) is 15.5 Å². The van der Waals surface area contributed by atoms with E-state index in [0.29, 0.717) is 5.56 Å². The van der Waals surface area contributed by atoms with Crippen molar-refractivity contribution in [2.75, 3.05) is 6.54 Å². The Morgan fingerprint density at radius 2 is 1.96 bits per heavy atom. The van der Waals surface area contributed by atoms with Crippen LogP contribution in [0.4, 0.5) is 4.39 Å². The molecule has 1 amide bonds. The fraction of sp³-hybridized carbons (Fsp3) is 0.176. The summed E-state index contributed by atoms with van der Waals surface area (Å²) in [7, 11) is 0. The topological polar surface area (TPSA) is 78.0 Å². The molecule has 0 spiro atoms. The Hall–Kier alpha value is -2.73.